The quantitative estimate of drug-likeness (QED) is 0.606. The number of benzene rings is 2. The Morgan fingerprint density at radius 2 is 1.63 bits per heavy atom. The van der Waals surface area contributed by atoms with Gasteiger partial charge in [0.2, 0.25) is 15.9 Å². The molecule has 30 heavy (non-hydrogen) atoms. The maximum Gasteiger partial charge on any atom is 0.244 e. The summed E-state index contributed by atoms with van der Waals surface area (Å²) in [5.74, 6) is -0.641. The third-order valence-electron chi connectivity index (χ3n) is 4.79. The standard InChI is InChI=1S/C22H29ClN2O4S/c1-15(2)13-20(21(24)26)25(30(28,29)19-11-9-18(23)10-12-19)14-16-5-7-17(8-6-16)22(3,4)27/h5-12,15,20,27H,13-14H2,1-4H3,(H2,24,26)/t20-/m1/s1. The van der Waals surface area contributed by atoms with Gasteiger partial charge < -0.3 is 10.8 Å². The Bertz CT molecular complexity index is 966. The molecule has 2 rings (SSSR count). The lowest BCUT2D eigenvalue weighted by Gasteiger charge is -2.30. The molecule has 0 bridgehead atoms. The number of nitrogens with zero attached hydrogens (tertiary/aromatic N) is 1. The van der Waals surface area contributed by atoms with Gasteiger partial charge in [-0.25, -0.2) is 8.42 Å². The molecular weight excluding hydrogens is 424 g/mol. The summed E-state index contributed by atoms with van der Waals surface area (Å²) in [6, 6.07) is 11.8. The number of carbonyl (C=O) groups is 1. The number of hydrogen-bond acceptors (Lipinski definition) is 4. The smallest absolute Gasteiger partial charge is 0.244 e. The van der Waals surface area contributed by atoms with Gasteiger partial charge in [0.15, 0.2) is 0 Å². The van der Waals surface area contributed by atoms with E-state index in [2.05, 4.69) is 0 Å². The molecule has 0 aliphatic heterocycles. The van der Waals surface area contributed by atoms with Crippen LogP contribution in [-0.4, -0.2) is 29.8 Å². The lowest BCUT2D eigenvalue weighted by Crippen LogP contribution is -2.48. The highest BCUT2D eigenvalue weighted by Crippen LogP contribution is 2.26. The molecule has 164 valence electrons. The van der Waals surface area contributed by atoms with E-state index in [9.17, 15) is 18.3 Å². The van der Waals surface area contributed by atoms with Crippen LogP contribution in [0.2, 0.25) is 5.02 Å². The maximum atomic E-state index is 13.4. The predicted octanol–water partition coefficient (Wildman–Crippen LogP) is 3.66. The van der Waals surface area contributed by atoms with Crippen LogP contribution in [0.15, 0.2) is 53.4 Å². The first-order chi connectivity index (χ1) is 13.8. The molecule has 0 aliphatic rings. The Labute approximate surface area is 183 Å². The van der Waals surface area contributed by atoms with Crippen LogP contribution in [0.5, 0.6) is 0 Å². The molecule has 0 radical (unpaired) electrons. The van der Waals surface area contributed by atoms with Gasteiger partial charge in [0.1, 0.15) is 6.04 Å². The Kier molecular flexibility index (Phi) is 7.69. The molecule has 0 spiro atoms. The Morgan fingerprint density at radius 1 is 1.10 bits per heavy atom. The van der Waals surface area contributed by atoms with E-state index in [1.54, 1.807) is 38.1 Å². The second kappa shape index (κ2) is 9.47. The van der Waals surface area contributed by atoms with Gasteiger partial charge in [-0.05, 0) is 61.6 Å². The topological polar surface area (TPSA) is 101 Å². The fourth-order valence-corrected chi connectivity index (χ4v) is 4.85. The number of amides is 1. The van der Waals surface area contributed by atoms with Crippen LogP contribution in [0, 0.1) is 5.92 Å². The lowest BCUT2D eigenvalue weighted by atomic mass is 9.97. The minimum absolute atomic E-state index is 0.0303. The van der Waals surface area contributed by atoms with Crippen molar-refractivity contribution in [2.24, 2.45) is 11.7 Å². The van der Waals surface area contributed by atoms with Crippen molar-refractivity contribution in [3.63, 3.8) is 0 Å². The molecule has 0 saturated heterocycles. The SMILES string of the molecule is CC(C)C[C@H](C(N)=O)N(Cc1ccc(C(C)(C)O)cc1)S(=O)(=O)c1ccc(Cl)cc1. The summed E-state index contributed by atoms with van der Waals surface area (Å²) < 4.78 is 28.0. The van der Waals surface area contributed by atoms with Crippen LogP contribution in [0.1, 0.15) is 45.2 Å². The average molecular weight is 453 g/mol. The van der Waals surface area contributed by atoms with Crippen molar-refractivity contribution in [3.05, 3.63) is 64.7 Å². The summed E-state index contributed by atoms with van der Waals surface area (Å²) in [6.07, 6.45) is 0.296. The summed E-state index contributed by atoms with van der Waals surface area (Å²) in [5, 5.41) is 10.6. The van der Waals surface area contributed by atoms with Crippen molar-refractivity contribution in [2.75, 3.05) is 0 Å². The molecule has 0 aromatic heterocycles. The number of primary amides is 1. The van der Waals surface area contributed by atoms with Gasteiger partial charge in [-0.3, -0.25) is 4.79 Å². The van der Waals surface area contributed by atoms with E-state index in [4.69, 9.17) is 17.3 Å². The Hall–Kier alpha value is -1.93. The van der Waals surface area contributed by atoms with Crippen LogP contribution in [0.3, 0.4) is 0 Å². The molecule has 2 aromatic rings. The number of carbonyl (C=O) groups excluding carboxylic acids is 1. The van der Waals surface area contributed by atoms with Crippen LogP contribution >= 0.6 is 11.6 Å². The third-order valence-corrected chi connectivity index (χ3v) is 6.91. The summed E-state index contributed by atoms with van der Waals surface area (Å²) in [7, 11) is -4.02. The van der Waals surface area contributed by atoms with E-state index >= 15 is 0 Å². The highest BCUT2D eigenvalue weighted by atomic mass is 35.5. The van der Waals surface area contributed by atoms with Crippen molar-refractivity contribution < 1.29 is 18.3 Å². The number of nitrogens with two attached hydrogens (primary N) is 1. The van der Waals surface area contributed by atoms with Crippen molar-refractivity contribution >= 4 is 27.5 Å². The van der Waals surface area contributed by atoms with Crippen LogP contribution in [-0.2, 0) is 27.0 Å². The molecule has 3 N–H and O–H groups in total. The van der Waals surface area contributed by atoms with E-state index in [1.165, 1.54) is 24.3 Å². The van der Waals surface area contributed by atoms with Crippen LogP contribution in [0.25, 0.3) is 0 Å². The molecule has 0 unspecified atom stereocenters. The average Bonchev–Trinajstić information content (AvgIpc) is 2.64. The van der Waals surface area contributed by atoms with Gasteiger partial charge in [0.25, 0.3) is 0 Å². The molecule has 0 heterocycles. The number of aliphatic hydroxyl groups is 1. The molecule has 2 aromatic carbocycles. The first-order valence-electron chi connectivity index (χ1n) is 9.71. The van der Waals surface area contributed by atoms with E-state index < -0.39 is 27.6 Å². The number of rotatable bonds is 9. The molecule has 0 aliphatic carbocycles. The van der Waals surface area contributed by atoms with Crippen LogP contribution < -0.4 is 5.73 Å². The number of halogens is 1. The minimum Gasteiger partial charge on any atom is -0.386 e. The highest BCUT2D eigenvalue weighted by molar-refractivity contribution is 7.89. The van der Waals surface area contributed by atoms with Gasteiger partial charge >= 0.3 is 0 Å². The van der Waals surface area contributed by atoms with Gasteiger partial charge in [-0.1, -0.05) is 49.7 Å². The number of sulfonamides is 1. The van der Waals surface area contributed by atoms with E-state index in [1.807, 2.05) is 13.8 Å². The fraction of sp³-hybridized carbons (Fsp3) is 0.409. The second-order valence-corrected chi connectivity index (χ2v) is 10.6. The van der Waals surface area contributed by atoms with Crippen molar-refractivity contribution in [2.45, 2.75) is 57.2 Å². The van der Waals surface area contributed by atoms with Crippen molar-refractivity contribution in [1.82, 2.24) is 4.31 Å². The third kappa shape index (κ3) is 6.04. The van der Waals surface area contributed by atoms with Crippen molar-refractivity contribution in [1.29, 1.82) is 0 Å². The molecular formula is C22H29ClN2O4S. The number of hydrogen-bond donors (Lipinski definition) is 2. The van der Waals surface area contributed by atoms with Gasteiger partial charge in [-0.2, -0.15) is 4.31 Å². The molecule has 0 fully saturated rings. The largest absolute Gasteiger partial charge is 0.386 e. The molecule has 8 heteroatoms. The van der Waals surface area contributed by atoms with Gasteiger partial charge in [-0.15, -0.1) is 0 Å². The summed E-state index contributed by atoms with van der Waals surface area (Å²) in [6.45, 7) is 7.12. The molecule has 1 amide bonds. The minimum atomic E-state index is -4.02. The van der Waals surface area contributed by atoms with E-state index in [0.29, 0.717) is 22.6 Å². The Balaban J connectivity index is 2.50. The maximum absolute atomic E-state index is 13.4. The molecule has 0 saturated carbocycles. The molecule has 1 atom stereocenters. The highest BCUT2D eigenvalue weighted by Gasteiger charge is 2.35. The zero-order valence-corrected chi connectivity index (χ0v) is 19.2. The van der Waals surface area contributed by atoms with Crippen LogP contribution in [0.4, 0.5) is 0 Å². The zero-order valence-electron chi connectivity index (χ0n) is 17.7. The monoisotopic (exact) mass is 452 g/mol. The lowest BCUT2D eigenvalue weighted by molar-refractivity contribution is -0.122. The first kappa shape index (κ1) is 24.3. The summed E-state index contributed by atoms with van der Waals surface area (Å²) in [5.41, 5.74) is 5.98. The fourth-order valence-electron chi connectivity index (χ4n) is 3.12. The predicted molar refractivity (Wildman–Crippen MR) is 118 cm³/mol. The normalized spacial score (nSPS) is 13.6. The molecule has 6 nitrogen and oxygen atoms in total. The first-order valence-corrected chi connectivity index (χ1v) is 11.5. The second-order valence-electron chi connectivity index (χ2n) is 8.31. The van der Waals surface area contributed by atoms with E-state index in [-0.39, 0.29) is 17.4 Å². The zero-order chi connectivity index (χ0) is 22.7. The Morgan fingerprint density at radius 3 is 2.07 bits per heavy atom. The van der Waals surface area contributed by atoms with Crippen molar-refractivity contribution in [3.8, 4) is 0 Å². The summed E-state index contributed by atoms with van der Waals surface area (Å²) >= 11 is 5.90. The summed E-state index contributed by atoms with van der Waals surface area (Å²) in [4.78, 5) is 12.3. The van der Waals surface area contributed by atoms with Gasteiger partial charge in [0, 0.05) is 11.6 Å². The van der Waals surface area contributed by atoms with E-state index in [0.717, 1.165) is 4.31 Å². The van der Waals surface area contributed by atoms with Gasteiger partial charge in [0.05, 0.1) is 10.5 Å².